The Hall–Kier alpha value is -2.13. The third kappa shape index (κ3) is 5.53. The second-order valence-electron chi connectivity index (χ2n) is 4.65. The monoisotopic (exact) mass is 401 g/mol. The van der Waals surface area contributed by atoms with Crippen molar-refractivity contribution in [1.29, 1.82) is 0 Å². The number of anilines is 3. The second kappa shape index (κ2) is 6.97. The minimum atomic E-state index is -3.35. The highest BCUT2D eigenvalue weighted by molar-refractivity contribution is 9.10. The Morgan fingerprint density at radius 1 is 1.04 bits per heavy atom. The fraction of sp³-hybridized carbons (Fsp3) is 0.0714. The lowest BCUT2D eigenvalue weighted by Gasteiger charge is -2.10. The molecule has 0 atom stereocenters. The molecule has 0 spiro atoms. The van der Waals surface area contributed by atoms with Gasteiger partial charge < -0.3 is 10.6 Å². The summed E-state index contributed by atoms with van der Waals surface area (Å²) >= 11 is 3.15. The Bertz CT molecular complexity index is 826. The van der Waals surface area contributed by atoms with E-state index in [4.69, 9.17) is 0 Å². The zero-order valence-corrected chi connectivity index (χ0v) is 14.3. The van der Waals surface area contributed by atoms with Crippen LogP contribution >= 0.6 is 15.9 Å². The van der Waals surface area contributed by atoms with Gasteiger partial charge in [0.15, 0.2) is 0 Å². The second-order valence-corrected chi connectivity index (χ2v) is 7.26. The number of carbonyl (C=O) groups excluding carboxylic acids is 1. The fourth-order valence-electron chi connectivity index (χ4n) is 1.71. The summed E-state index contributed by atoms with van der Waals surface area (Å²) in [6, 6.07) is 9.51. The largest absolute Gasteiger partial charge is 0.323 e. The minimum absolute atomic E-state index is 0.389. The zero-order valence-electron chi connectivity index (χ0n) is 11.9. The highest BCUT2D eigenvalue weighted by Crippen LogP contribution is 2.23. The summed E-state index contributed by atoms with van der Waals surface area (Å²) in [5, 5.41) is 5.14. The number of nitrogens with one attached hydrogen (secondary N) is 3. The van der Waals surface area contributed by atoms with Crippen molar-refractivity contribution in [2.45, 2.75) is 0 Å². The predicted molar refractivity (Wildman–Crippen MR) is 91.6 cm³/mol. The Balaban J connectivity index is 2.00. The molecule has 0 aliphatic carbocycles. The van der Waals surface area contributed by atoms with Crippen LogP contribution in [0.3, 0.4) is 0 Å². The van der Waals surface area contributed by atoms with Crippen LogP contribution in [0.4, 0.5) is 26.2 Å². The molecule has 3 N–H and O–H groups in total. The zero-order chi connectivity index (χ0) is 17.0. The molecule has 0 saturated heterocycles. The Labute approximate surface area is 141 Å². The number of rotatable bonds is 4. The molecule has 0 fully saturated rings. The molecule has 2 aromatic carbocycles. The van der Waals surface area contributed by atoms with Crippen LogP contribution in [-0.4, -0.2) is 20.7 Å². The predicted octanol–water partition coefficient (Wildman–Crippen LogP) is 3.60. The molecule has 0 saturated carbocycles. The van der Waals surface area contributed by atoms with E-state index in [0.29, 0.717) is 21.5 Å². The molecule has 0 heterocycles. The summed E-state index contributed by atoms with van der Waals surface area (Å²) in [4.78, 5) is 11.9. The number of carbonyl (C=O) groups is 1. The number of hydrogen-bond acceptors (Lipinski definition) is 3. The van der Waals surface area contributed by atoms with Gasteiger partial charge in [-0.05, 0) is 58.4 Å². The van der Waals surface area contributed by atoms with E-state index >= 15 is 0 Å². The lowest BCUT2D eigenvalue weighted by Crippen LogP contribution is -2.19. The van der Waals surface area contributed by atoms with Crippen molar-refractivity contribution in [2.75, 3.05) is 21.6 Å². The van der Waals surface area contributed by atoms with Gasteiger partial charge in [-0.1, -0.05) is 0 Å². The summed E-state index contributed by atoms with van der Waals surface area (Å²) in [7, 11) is -3.35. The standard InChI is InChI=1S/C14H13BrFN3O3S/c1-23(21,22)19-11-5-3-10(4-6-11)17-14(20)18-13-7-2-9(16)8-12(13)15/h2-8,19H,1H3,(H2,17,18,20). The normalized spacial score (nSPS) is 10.9. The number of urea groups is 1. The van der Waals surface area contributed by atoms with Crippen LogP contribution in [0, 0.1) is 5.82 Å². The van der Waals surface area contributed by atoms with Crippen LogP contribution in [-0.2, 0) is 10.0 Å². The van der Waals surface area contributed by atoms with E-state index in [-0.39, 0.29) is 0 Å². The van der Waals surface area contributed by atoms with Crippen LogP contribution in [0.25, 0.3) is 0 Å². The molecule has 0 aliphatic rings. The summed E-state index contributed by atoms with van der Waals surface area (Å²) in [5.41, 5.74) is 1.28. The van der Waals surface area contributed by atoms with Crippen LogP contribution in [0.15, 0.2) is 46.9 Å². The van der Waals surface area contributed by atoms with Crippen molar-refractivity contribution in [3.63, 3.8) is 0 Å². The highest BCUT2D eigenvalue weighted by Gasteiger charge is 2.07. The molecule has 0 aliphatic heterocycles. The molecule has 2 rings (SSSR count). The van der Waals surface area contributed by atoms with E-state index in [1.165, 1.54) is 30.3 Å². The summed E-state index contributed by atoms with van der Waals surface area (Å²) in [5.74, 6) is -0.420. The molecule has 0 bridgehead atoms. The van der Waals surface area contributed by atoms with Crippen LogP contribution in [0.5, 0.6) is 0 Å². The molecule has 0 aromatic heterocycles. The number of halogens is 2. The number of sulfonamides is 1. The highest BCUT2D eigenvalue weighted by atomic mass is 79.9. The van der Waals surface area contributed by atoms with Crippen LogP contribution in [0.2, 0.25) is 0 Å². The third-order valence-electron chi connectivity index (χ3n) is 2.63. The van der Waals surface area contributed by atoms with Gasteiger partial charge in [-0.25, -0.2) is 17.6 Å². The summed E-state index contributed by atoms with van der Waals surface area (Å²) in [6.07, 6.45) is 1.05. The summed E-state index contributed by atoms with van der Waals surface area (Å²) in [6.45, 7) is 0. The molecule has 2 aromatic rings. The molecule has 0 unspecified atom stereocenters. The third-order valence-corrected chi connectivity index (χ3v) is 3.89. The van der Waals surface area contributed by atoms with Gasteiger partial charge in [-0.15, -0.1) is 0 Å². The van der Waals surface area contributed by atoms with Gasteiger partial charge in [0, 0.05) is 15.8 Å². The molecule has 9 heteroatoms. The van der Waals surface area contributed by atoms with Gasteiger partial charge in [0.05, 0.1) is 11.9 Å². The molecule has 0 radical (unpaired) electrons. The SMILES string of the molecule is CS(=O)(=O)Nc1ccc(NC(=O)Nc2ccc(F)cc2Br)cc1. The molecular weight excluding hydrogens is 389 g/mol. The van der Waals surface area contributed by atoms with Gasteiger partial charge in [0.25, 0.3) is 0 Å². The smallest absolute Gasteiger partial charge is 0.308 e. The van der Waals surface area contributed by atoms with Crippen molar-refractivity contribution in [3.05, 3.63) is 52.8 Å². The maximum Gasteiger partial charge on any atom is 0.323 e. The molecule has 6 nitrogen and oxygen atoms in total. The Kier molecular flexibility index (Phi) is 5.22. The average Bonchev–Trinajstić information content (AvgIpc) is 2.42. The van der Waals surface area contributed by atoms with Gasteiger partial charge in [0.2, 0.25) is 10.0 Å². The number of hydrogen-bond donors (Lipinski definition) is 3. The topological polar surface area (TPSA) is 87.3 Å². The molecule has 23 heavy (non-hydrogen) atoms. The first-order valence-electron chi connectivity index (χ1n) is 6.34. The minimum Gasteiger partial charge on any atom is -0.308 e. The van der Waals surface area contributed by atoms with Crippen LogP contribution in [0.1, 0.15) is 0 Å². The number of amides is 2. The Morgan fingerprint density at radius 3 is 2.22 bits per heavy atom. The van der Waals surface area contributed by atoms with Gasteiger partial charge in [-0.3, -0.25) is 4.72 Å². The van der Waals surface area contributed by atoms with Crippen molar-refractivity contribution in [3.8, 4) is 0 Å². The van der Waals surface area contributed by atoms with E-state index in [0.717, 1.165) is 6.26 Å². The van der Waals surface area contributed by atoms with Crippen molar-refractivity contribution >= 4 is 49.0 Å². The van der Waals surface area contributed by atoms with E-state index in [9.17, 15) is 17.6 Å². The first-order chi connectivity index (χ1) is 10.7. The summed E-state index contributed by atoms with van der Waals surface area (Å²) < 4.78 is 37.9. The van der Waals surface area contributed by atoms with Crippen molar-refractivity contribution in [1.82, 2.24) is 0 Å². The lowest BCUT2D eigenvalue weighted by atomic mass is 10.3. The van der Waals surface area contributed by atoms with E-state index in [1.807, 2.05) is 0 Å². The fourth-order valence-corrected chi connectivity index (χ4v) is 2.73. The van der Waals surface area contributed by atoms with Gasteiger partial charge in [0.1, 0.15) is 5.82 Å². The lowest BCUT2D eigenvalue weighted by molar-refractivity contribution is 0.262. The Morgan fingerprint density at radius 2 is 1.65 bits per heavy atom. The number of benzene rings is 2. The van der Waals surface area contributed by atoms with Crippen LogP contribution < -0.4 is 15.4 Å². The quantitative estimate of drug-likeness (QED) is 0.730. The van der Waals surface area contributed by atoms with E-state index in [2.05, 4.69) is 31.3 Å². The van der Waals surface area contributed by atoms with Crippen molar-refractivity contribution < 1.29 is 17.6 Å². The van der Waals surface area contributed by atoms with Crippen molar-refractivity contribution in [2.24, 2.45) is 0 Å². The molecule has 2 amide bonds. The first-order valence-corrected chi connectivity index (χ1v) is 9.02. The maximum absolute atomic E-state index is 13.0. The maximum atomic E-state index is 13.0. The average molecular weight is 402 g/mol. The van der Waals surface area contributed by atoms with Gasteiger partial charge in [-0.2, -0.15) is 0 Å². The first kappa shape index (κ1) is 17.2. The molecule has 122 valence electrons. The molecular formula is C14H13BrFN3O3S. The van der Waals surface area contributed by atoms with E-state index < -0.39 is 21.9 Å². The van der Waals surface area contributed by atoms with E-state index in [1.54, 1.807) is 12.1 Å². The van der Waals surface area contributed by atoms with Gasteiger partial charge >= 0.3 is 6.03 Å².